The van der Waals surface area contributed by atoms with Crippen molar-refractivity contribution in [1.29, 1.82) is 0 Å². The summed E-state index contributed by atoms with van der Waals surface area (Å²) < 4.78 is 51.6. The van der Waals surface area contributed by atoms with E-state index >= 15 is 0 Å². The highest BCUT2D eigenvalue weighted by Crippen LogP contribution is 2.32. The summed E-state index contributed by atoms with van der Waals surface area (Å²) in [5.74, 6) is 1.43. The van der Waals surface area contributed by atoms with Gasteiger partial charge in [0.2, 0.25) is 10.0 Å². The first-order valence-electron chi connectivity index (χ1n) is 11.6. The molecule has 1 aliphatic rings. The predicted molar refractivity (Wildman–Crippen MR) is 136 cm³/mol. The van der Waals surface area contributed by atoms with Crippen LogP contribution in [0.1, 0.15) is 24.0 Å². The van der Waals surface area contributed by atoms with Crippen LogP contribution in [0, 0.1) is 0 Å². The van der Waals surface area contributed by atoms with Crippen LogP contribution in [-0.2, 0) is 27.7 Å². The normalized spacial score (nSPS) is 15.9. The molecule has 0 saturated carbocycles. The summed E-state index contributed by atoms with van der Waals surface area (Å²) in [6.45, 7) is 1.64. The van der Waals surface area contributed by atoms with Gasteiger partial charge in [-0.15, -0.1) is 0 Å². The summed E-state index contributed by atoms with van der Waals surface area (Å²) in [6, 6.07) is 14.5. The number of thiophene rings is 1. The number of ether oxygens (including phenoxy) is 4. The van der Waals surface area contributed by atoms with Gasteiger partial charge in [-0.25, -0.2) is 8.42 Å². The van der Waals surface area contributed by atoms with Gasteiger partial charge in [-0.05, 0) is 65.1 Å². The van der Waals surface area contributed by atoms with Crippen molar-refractivity contribution < 1.29 is 27.4 Å². The molecule has 7 nitrogen and oxygen atoms in total. The molecular formula is C26H31NO6S2. The van der Waals surface area contributed by atoms with E-state index in [0.29, 0.717) is 24.7 Å². The van der Waals surface area contributed by atoms with Gasteiger partial charge in [-0.3, -0.25) is 0 Å². The maximum atomic E-state index is 13.9. The third kappa shape index (κ3) is 6.55. The van der Waals surface area contributed by atoms with Gasteiger partial charge in [0.05, 0.1) is 26.9 Å². The monoisotopic (exact) mass is 517 g/mol. The lowest BCUT2D eigenvalue weighted by atomic mass is 10.2. The fourth-order valence-electron chi connectivity index (χ4n) is 4.05. The summed E-state index contributed by atoms with van der Waals surface area (Å²) in [4.78, 5) is 0.0699. The van der Waals surface area contributed by atoms with E-state index in [0.717, 1.165) is 24.8 Å². The highest BCUT2D eigenvalue weighted by Gasteiger charge is 2.32. The number of benzene rings is 2. The first-order valence-corrected chi connectivity index (χ1v) is 13.9. The molecule has 1 atom stereocenters. The minimum absolute atomic E-state index is 0.0699. The number of nitrogens with zero attached hydrogens (tertiary/aromatic N) is 1. The molecule has 9 heteroatoms. The zero-order valence-electron chi connectivity index (χ0n) is 20.0. The van der Waals surface area contributed by atoms with E-state index in [1.807, 2.05) is 24.3 Å². The summed E-state index contributed by atoms with van der Waals surface area (Å²) in [5, 5.41) is 4.16. The molecule has 0 spiro atoms. The van der Waals surface area contributed by atoms with Gasteiger partial charge in [0.1, 0.15) is 22.1 Å². The molecule has 1 saturated heterocycles. The Labute approximate surface area is 211 Å². The smallest absolute Gasteiger partial charge is 0.247 e. The van der Waals surface area contributed by atoms with Gasteiger partial charge in [0, 0.05) is 32.2 Å². The second-order valence-electron chi connectivity index (χ2n) is 8.33. The zero-order chi connectivity index (χ0) is 24.7. The molecule has 1 fully saturated rings. The van der Waals surface area contributed by atoms with E-state index in [-0.39, 0.29) is 29.8 Å². The van der Waals surface area contributed by atoms with Crippen molar-refractivity contribution >= 4 is 21.4 Å². The first-order chi connectivity index (χ1) is 17.0. The number of hydrogen-bond donors (Lipinski definition) is 0. The van der Waals surface area contributed by atoms with Crippen LogP contribution in [0.5, 0.6) is 17.2 Å². The molecule has 0 N–H and O–H groups in total. The molecular weight excluding hydrogens is 486 g/mol. The van der Waals surface area contributed by atoms with E-state index < -0.39 is 10.0 Å². The van der Waals surface area contributed by atoms with Crippen LogP contribution in [-0.4, -0.2) is 52.8 Å². The summed E-state index contributed by atoms with van der Waals surface area (Å²) in [5.41, 5.74) is 2.08. The number of hydrogen-bond acceptors (Lipinski definition) is 7. The molecule has 0 aliphatic carbocycles. The molecule has 1 aromatic heterocycles. The topological polar surface area (TPSA) is 74.3 Å². The molecule has 35 heavy (non-hydrogen) atoms. The number of rotatable bonds is 12. The third-order valence-electron chi connectivity index (χ3n) is 5.92. The van der Waals surface area contributed by atoms with E-state index in [1.54, 1.807) is 23.5 Å². The lowest BCUT2D eigenvalue weighted by Gasteiger charge is -2.26. The van der Waals surface area contributed by atoms with Gasteiger partial charge in [-0.2, -0.15) is 15.6 Å². The van der Waals surface area contributed by atoms with Gasteiger partial charge < -0.3 is 18.9 Å². The largest absolute Gasteiger partial charge is 0.497 e. The molecule has 0 bridgehead atoms. The third-order valence-corrected chi connectivity index (χ3v) is 8.48. The number of sulfonamides is 1. The van der Waals surface area contributed by atoms with E-state index in [9.17, 15) is 8.42 Å². The Balaban J connectivity index is 1.56. The van der Waals surface area contributed by atoms with Crippen LogP contribution in [0.4, 0.5) is 0 Å². The minimum Gasteiger partial charge on any atom is -0.497 e. The Morgan fingerprint density at radius 1 is 1.06 bits per heavy atom. The van der Waals surface area contributed by atoms with Crippen LogP contribution in [0.25, 0.3) is 0 Å². The molecule has 2 heterocycles. The molecule has 4 rings (SSSR count). The first kappa shape index (κ1) is 25.5. The average molecular weight is 518 g/mol. The molecule has 2 aromatic carbocycles. The molecule has 0 amide bonds. The van der Waals surface area contributed by atoms with Crippen molar-refractivity contribution in [3.63, 3.8) is 0 Å². The molecule has 0 radical (unpaired) electrons. The molecule has 0 unspecified atom stereocenters. The van der Waals surface area contributed by atoms with Crippen molar-refractivity contribution in [2.24, 2.45) is 0 Å². The Hall–Kier alpha value is -2.59. The Morgan fingerprint density at radius 2 is 1.94 bits per heavy atom. The second kappa shape index (κ2) is 11.9. The van der Waals surface area contributed by atoms with Crippen molar-refractivity contribution in [2.75, 3.05) is 34.0 Å². The summed E-state index contributed by atoms with van der Waals surface area (Å²) in [7, 11) is -0.946. The number of methoxy groups -OCH3 is 2. The molecule has 3 aromatic rings. The van der Waals surface area contributed by atoms with E-state index in [2.05, 4.69) is 16.8 Å². The zero-order valence-corrected chi connectivity index (χ0v) is 21.6. The van der Waals surface area contributed by atoms with Crippen LogP contribution >= 0.6 is 11.3 Å². The highest BCUT2D eigenvalue weighted by atomic mass is 32.2. The quantitative estimate of drug-likeness (QED) is 0.345. The maximum absolute atomic E-state index is 13.9. The van der Waals surface area contributed by atoms with Crippen molar-refractivity contribution in [3.8, 4) is 17.2 Å². The fraction of sp³-hybridized carbons (Fsp3) is 0.385. The van der Waals surface area contributed by atoms with Crippen LogP contribution < -0.4 is 14.2 Å². The SMILES string of the molecule is COc1ccc(OC)c(S(=O)(=O)N(Cc2cccc(OCCc3ccsc3)c2)C[C@@H]2CCCO2)c1. The fourth-order valence-corrected chi connectivity index (χ4v) is 6.38. The molecule has 188 valence electrons. The van der Waals surface area contributed by atoms with Crippen LogP contribution in [0.2, 0.25) is 0 Å². The van der Waals surface area contributed by atoms with Gasteiger partial charge >= 0.3 is 0 Å². The lowest BCUT2D eigenvalue weighted by molar-refractivity contribution is 0.0925. The van der Waals surface area contributed by atoms with Gasteiger partial charge in [-0.1, -0.05) is 12.1 Å². The van der Waals surface area contributed by atoms with Crippen molar-refractivity contribution in [1.82, 2.24) is 4.31 Å². The maximum Gasteiger partial charge on any atom is 0.247 e. The van der Waals surface area contributed by atoms with Crippen molar-refractivity contribution in [3.05, 3.63) is 70.4 Å². The average Bonchev–Trinajstić information content (AvgIpc) is 3.58. The van der Waals surface area contributed by atoms with Gasteiger partial charge in [0.15, 0.2) is 0 Å². The van der Waals surface area contributed by atoms with Crippen LogP contribution in [0.3, 0.4) is 0 Å². The predicted octanol–water partition coefficient (Wildman–Crippen LogP) is 4.76. The van der Waals surface area contributed by atoms with E-state index in [1.165, 1.54) is 30.2 Å². The second-order valence-corrected chi connectivity index (χ2v) is 11.0. The van der Waals surface area contributed by atoms with Gasteiger partial charge in [0.25, 0.3) is 0 Å². The van der Waals surface area contributed by atoms with E-state index in [4.69, 9.17) is 18.9 Å². The van der Waals surface area contributed by atoms with Crippen LogP contribution in [0.15, 0.2) is 64.2 Å². The lowest BCUT2D eigenvalue weighted by Crippen LogP contribution is -2.37. The standard InChI is InChI=1S/C26H31NO6S2/c1-30-22-8-9-25(31-2)26(16-22)35(28,29)27(18-24-7-4-12-32-24)17-21-5-3-6-23(15-21)33-13-10-20-11-14-34-19-20/h3,5-6,8-9,11,14-16,19,24H,4,7,10,12-13,17-18H2,1-2H3/t24-/m0/s1. The Kier molecular flexibility index (Phi) is 8.67. The minimum atomic E-state index is -3.91. The Bertz CT molecular complexity index is 1190. The highest BCUT2D eigenvalue weighted by molar-refractivity contribution is 7.89. The summed E-state index contributed by atoms with van der Waals surface area (Å²) in [6.07, 6.45) is 2.43. The summed E-state index contributed by atoms with van der Waals surface area (Å²) >= 11 is 1.67. The van der Waals surface area contributed by atoms with Crippen molar-refractivity contribution in [2.45, 2.75) is 36.8 Å². The Morgan fingerprint density at radius 3 is 2.66 bits per heavy atom. The molecule has 1 aliphatic heterocycles.